The molecule has 5 atom stereocenters. The minimum atomic E-state index is -2.10. The van der Waals surface area contributed by atoms with E-state index in [9.17, 15) is 20.1 Å². The molecular weight excluding hydrogens is 236 g/mol. The number of esters is 1. The lowest BCUT2D eigenvalue weighted by atomic mass is 10.0. The number of carbonyl (C=O) groups excluding carboxylic acids is 1. The molecule has 0 spiro atoms. The van der Waals surface area contributed by atoms with E-state index in [0.29, 0.717) is 0 Å². The quantitative estimate of drug-likeness (QED) is 0.155. The molecular formula is C9H16O8. The Morgan fingerprint density at radius 1 is 1.12 bits per heavy atom. The van der Waals surface area contributed by atoms with Gasteiger partial charge in [0.2, 0.25) is 6.29 Å². The first-order valence-electron chi connectivity index (χ1n) is 4.69. The smallest absolute Gasteiger partial charge is 0.332 e. The topological polar surface area (TPSA) is 148 Å². The van der Waals surface area contributed by atoms with Crippen LogP contribution in [0, 0.1) is 0 Å². The molecule has 0 aliphatic carbocycles. The summed E-state index contributed by atoms with van der Waals surface area (Å²) in [4.78, 5) is 10.7. The van der Waals surface area contributed by atoms with Gasteiger partial charge in [0.1, 0.15) is 24.4 Å². The molecule has 8 nitrogen and oxygen atoms in total. The molecule has 0 radical (unpaired) electrons. The SMILES string of the molecule is C=CC(=O)OC(O)[C@H](O)[C@@H](O)[C@H](O)[C@H](O)CO. The van der Waals surface area contributed by atoms with Crippen LogP contribution >= 0.6 is 0 Å². The highest BCUT2D eigenvalue weighted by atomic mass is 16.6. The Morgan fingerprint density at radius 3 is 2.06 bits per heavy atom. The molecule has 0 fully saturated rings. The van der Waals surface area contributed by atoms with Crippen molar-refractivity contribution in [1.29, 1.82) is 0 Å². The molecule has 0 saturated carbocycles. The fourth-order valence-electron chi connectivity index (χ4n) is 0.943. The number of aliphatic hydroxyl groups is 6. The van der Waals surface area contributed by atoms with Gasteiger partial charge in [-0.3, -0.25) is 0 Å². The van der Waals surface area contributed by atoms with E-state index in [1.165, 1.54) is 0 Å². The van der Waals surface area contributed by atoms with Gasteiger partial charge in [0.15, 0.2) is 0 Å². The van der Waals surface area contributed by atoms with Gasteiger partial charge in [-0.15, -0.1) is 0 Å². The molecule has 0 aliphatic rings. The molecule has 0 aromatic rings. The number of carbonyl (C=O) groups is 1. The van der Waals surface area contributed by atoms with Gasteiger partial charge in [0, 0.05) is 6.08 Å². The van der Waals surface area contributed by atoms with Crippen LogP contribution in [0.25, 0.3) is 0 Å². The maximum Gasteiger partial charge on any atom is 0.332 e. The van der Waals surface area contributed by atoms with E-state index in [0.717, 1.165) is 6.08 Å². The molecule has 6 N–H and O–H groups in total. The third kappa shape index (κ3) is 4.77. The lowest BCUT2D eigenvalue weighted by molar-refractivity contribution is -0.210. The second-order valence-corrected chi connectivity index (χ2v) is 3.25. The molecule has 0 aromatic heterocycles. The van der Waals surface area contributed by atoms with Crippen LogP contribution in [-0.4, -0.2) is 73.9 Å². The third-order valence-corrected chi connectivity index (χ3v) is 1.98. The van der Waals surface area contributed by atoms with Crippen molar-refractivity contribution in [3.63, 3.8) is 0 Å². The number of rotatable bonds is 7. The van der Waals surface area contributed by atoms with E-state index >= 15 is 0 Å². The Bertz CT molecular complexity index is 255. The zero-order valence-corrected chi connectivity index (χ0v) is 8.88. The van der Waals surface area contributed by atoms with Gasteiger partial charge < -0.3 is 35.4 Å². The van der Waals surface area contributed by atoms with Gasteiger partial charge in [-0.05, 0) is 0 Å². The van der Waals surface area contributed by atoms with Crippen molar-refractivity contribution in [3.8, 4) is 0 Å². The van der Waals surface area contributed by atoms with E-state index < -0.39 is 43.3 Å². The Balaban J connectivity index is 4.42. The minimum absolute atomic E-state index is 0.724. The monoisotopic (exact) mass is 252 g/mol. The number of aliphatic hydroxyl groups excluding tert-OH is 6. The van der Waals surface area contributed by atoms with Gasteiger partial charge in [0.05, 0.1) is 6.61 Å². The van der Waals surface area contributed by atoms with Crippen molar-refractivity contribution < 1.29 is 40.2 Å². The highest BCUT2D eigenvalue weighted by Gasteiger charge is 2.35. The van der Waals surface area contributed by atoms with Crippen LogP contribution in [0.4, 0.5) is 0 Å². The van der Waals surface area contributed by atoms with Gasteiger partial charge in [-0.25, -0.2) is 4.79 Å². The lowest BCUT2D eigenvalue weighted by Gasteiger charge is -2.27. The highest BCUT2D eigenvalue weighted by molar-refractivity contribution is 5.81. The fraction of sp³-hybridized carbons (Fsp3) is 0.667. The van der Waals surface area contributed by atoms with Gasteiger partial charge in [-0.2, -0.15) is 0 Å². The van der Waals surface area contributed by atoms with Crippen molar-refractivity contribution in [1.82, 2.24) is 0 Å². The standard InChI is InChI=1S/C9H16O8/c1-2-5(12)17-9(16)8(15)7(14)6(13)4(11)3-10/h2,4,6-11,13-16H,1,3H2/t4-,6-,7+,8-,9?/m1/s1. The average Bonchev–Trinajstić information content (AvgIpc) is 2.34. The minimum Gasteiger partial charge on any atom is -0.430 e. The lowest BCUT2D eigenvalue weighted by Crippen LogP contribution is -2.50. The van der Waals surface area contributed by atoms with Crippen molar-refractivity contribution in [2.75, 3.05) is 6.61 Å². The number of ether oxygens (including phenoxy) is 1. The molecule has 100 valence electrons. The van der Waals surface area contributed by atoms with Gasteiger partial charge in [-0.1, -0.05) is 6.58 Å². The van der Waals surface area contributed by atoms with E-state index in [2.05, 4.69) is 11.3 Å². The van der Waals surface area contributed by atoms with Crippen LogP contribution < -0.4 is 0 Å². The normalized spacial score (nSPS) is 19.9. The van der Waals surface area contributed by atoms with Crippen molar-refractivity contribution in [2.24, 2.45) is 0 Å². The molecule has 0 bridgehead atoms. The highest BCUT2D eigenvalue weighted by Crippen LogP contribution is 2.09. The summed E-state index contributed by atoms with van der Waals surface area (Å²) in [6.07, 6.45) is -9.05. The molecule has 0 rings (SSSR count). The van der Waals surface area contributed by atoms with Crippen LogP contribution in [0.3, 0.4) is 0 Å². The summed E-state index contributed by atoms with van der Waals surface area (Å²) in [6, 6.07) is 0. The van der Waals surface area contributed by atoms with Crippen LogP contribution in [0.15, 0.2) is 12.7 Å². The molecule has 8 heteroatoms. The third-order valence-electron chi connectivity index (χ3n) is 1.98. The summed E-state index contributed by atoms with van der Waals surface area (Å²) in [6.45, 7) is 2.19. The fourth-order valence-corrected chi connectivity index (χ4v) is 0.943. The first-order chi connectivity index (χ1) is 7.84. The Labute approximate surface area is 97.0 Å². The summed E-state index contributed by atoms with van der Waals surface area (Å²) >= 11 is 0. The van der Waals surface area contributed by atoms with Crippen LogP contribution in [0.5, 0.6) is 0 Å². The Kier molecular flexibility index (Phi) is 6.88. The van der Waals surface area contributed by atoms with Crippen LogP contribution in [0.2, 0.25) is 0 Å². The molecule has 0 aliphatic heterocycles. The Hall–Kier alpha value is -1.03. The predicted molar refractivity (Wildman–Crippen MR) is 53.4 cm³/mol. The first kappa shape index (κ1) is 16.0. The number of hydrogen-bond acceptors (Lipinski definition) is 8. The summed E-state index contributed by atoms with van der Waals surface area (Å²) in [5.74, 6) is -1.04. The van der Waals surface area contributed by atoms with Crippen molar-refractivity contribution in [2.45, 2.75) is 30.7 Å². The first-order valence-corrected chi connectivity index (χ1v) is 4.69. The Morgan fingerprint density at radius 2 is 1.65 bits per heavy atom. The average molecular weight is 252 g/mol. The van der Waals surface area contributed by atoms with Crippen LogP contribution in [0.1, 0.15) is 0 Å². The molecule has 0 aromatic carbocycles. The van der Waals surface area contributed by atoms with Crippen LogP contribution in [-0.2, 0) is 9.53 Å². The van der Waals surface area contributed by atoms with Crippen molar-refractivity contribution >= 4 is 5.97 Å². The van der Waals surface area contributed by atoms with Gasteiger partial charge in [0.25, 0.3) is 0 Å². The maximum absolute atomic E-state index is 10.7. The zero-order chi connectivity index (χ0) is 13.6. The molecule has 0 heterocycles. The molecule has 0 saturated heterocycles. The van der Waals surface area contributed by atoms with E-state index in [1.807, 2.05) is 0 Å². The molecule has 17 heavy (non-hydrogen) atoms. The van der Waals surface area contributed by atoms with E-state index in [4.69, 9.17) is 15.3 Å². The summed E-state index contributed by atoms with van der Waals surface area (Å²) in [7, 11) is 0. The van der Waals surface area contributed by atoms with Gasteiger partial charge >= 0.3 is 5.97 Å². The number of hydrogen-bond donors (Lipinski definition) is 6. The van der Waals surface area contributed by atoms with E-state index in [1.54, 1.807) is 0 Å². The van der Waals surface area contributed by atoms with Crippen molar-refractivity contribution in [3.05, 3.63) is 12.7 Å². The predicted octanol–water partition coefficient (Wildman–Crippen LogP) is -3.53. The largest absolute Gasteiger partial charge is 0.430 e. The zero-order valence-electron chi connectivity index (χ0n) is 8.88. The molecule has 1 unspecified atom stereocenters. The summed E-state index contributed by atoms with van der Waals surface area (Å²) < 4.78 is 4.18. The summed E-state index contributed by atoms with van der Waals surface area (Å²) in [5, 5.41) is 54.4. The molecule has 0 amide bonds. The second-order valence-electron chi connectivity index (χ2n) is 3.25. The second kappa shape index (κ2) is 7.33. The maximum atomic E-state index is 10.7. The summed E-state index contributed by atoms with van der Waals surface area (Å²) in [5.41, 5.74) is 0. The van der Waals surface area contributed by atoms with E-state index in [-0.39, 0.29) is 0 Å².